The van der Waals surface area contributed by atoms with Crippen molar-refractivity contribution in [2.24, 2.45) is 0 Å². The molecule has 17 nitrogen and oxygen atoms in total. The molecule has 0 radical (unpaired) electrons. The Bertz CT molecular complexity index is 5450. The summed E-state index contributed by atoms with van der Waals surface area (Å²) in [6, 6.07) is 112. The third-order valence-electron chi connectivity index (χ3n) is 19.3. The molecular formula is C103H105BBrN7O10. The number of rotatable bonds is 25. The van der Waals surface area contributed by atoms with Crippen molar-refractivity contribution in [3.05, 3.63) is 426 Å². The Morgan fingerprint density at radius 2 is 0.770 bits per heavy atom. The summed E-state index contributed by atoms with van der Waals surface area (Å²) in [5.41, 5.74) is 15.3. The van der Waals surface area contributed by atoms with Gasteiger partial charge in [-0.3, -0.25) is 4.79 Å². The smallest absolute Gasteiger partial charge is 0.481 e. The lowest BCUT2D eigenvalue weighted by molar-refractivity contribution is 0.00376. The summed E-state index contributed by atoms with van der Waals surface area (Å²) in [7, 11) is 14.7. The van der Waals surface area contributed by atoms with Crippen molar-refractivity contribution < 1.29 is 48.7 Å². The molecule has 4 N–H and O–H groups in total. The van der Waals surface area contributed by atoms with Gasteiger partial charge >= 0.3 is 7.12 Å². The molecule has 0 saturated carbocycles. The number of carbonyl (C=O) groups excluding carboxylic acids is 1. The van der Waals surface area contributed by atoms with Gasteiger partial charge in [0, 0.05) is 124 Å². The second kappa shape index (κ2) is 50.1. The first kappa shape index (κ1) is 92.8. The van der Waals surface area contributed by atoms with Crippen LogP contribution < -0.4 is 29.1 Å². The minimum Gasteiger partial charge on any atom is -0.481 e. The van der Waals surface area contributed by atoms with Crippen LogP contribution in [0.3, 0.4) is 0 Å². The fourth-order valence-corrected chi connectivity index (χ4v) is 13.2. The van der Waals surface area contributed by atoms with Crippen LogP contribution in [0.1, 0.15) is 74.2 Å². The van der Waals surface area contributed by atoms with Crippen molar-refractivity contribution in [1.82, 2.24) is 34.7 Å². The zero-order chi connectivity index (χ0) is 86.7. The Morgan fingerprint density at radius 1 is 0.393 bits per heavy atom. The molecule has 0 saturated heterocycles. The largest absolute Gasteiger partial charge is 0.488 e. The van der Waals surface area contributed by atoms with Gasteiger partial charge in [0.25, 0.3) is 0 Å². The fraction of sp³-hybridized carbons (Fsp3) is 0.165. The van der Waals surface area contributed by atoms with Crippen LogP contribution >= 0.6 is 15.9 Å². The fourth-order valence-electron chi connectivity index (χ4n) is 12.9. The standard InChI is InChI=1S/C30H32N2O2.C19H17NO2.C19H17NO.C12H11NO.C11H15NO.C6H7BO2.C6H6BrNO/c1-32(2)20-19-30(33,26-17-11-6-12-18-26)28(24-15-9-5-10-16-24)27-21-25(22-31-29(27)34-3)23-13-7-4-8-14-23;1-22-19-17(18(21)15-10-6-3-7-11-15)12-16(13-20-19)14-8-4-2-5-9-14;1-21-19-17(12-15-8-4-2-5-9-15)13-18(14-20-19)16-10-6-3-7-11-16;1-14-12-8-7-11(9-13-12)10-5-3-2-4-6-10;1-12(2)9-8-11(13)10-6-4-3-5-7-10;8-7(9)6-4-2-1-3-5-6;1-9-6-3-2-5(7)4-8-6/h4-18,21-22,28,33H,19-20H2,1-3H3;2-13,18,21H,1H3;2-11,13-14H,12H2,1H3;2-9H,1H3;3-7H,8-9H2,1-2H3;1-5,8-9H;2-4H,1H3. The average Bonchev–Trinajstić information content (AvgIpc) is 0.753. The lowest BCUT2D eigenvalue weighted by atomic mass is 9.71. The summed E-state index contributed by atoms with van der Waals surface area (Å²) in [4.78, 5) is 37.2. The van der Waals surface area contributed by atoms with Crippen LogP contribution in [0.25, 0.3) is 44.5 Å². The van der Waals surface area contributed by atoms with Crippen LogP contribution in [-0.2, 0) is 12.0 Å². The van der Waals surface area contributed by atoms with E-state index in [1.165, 1.54) is 16.7 Å². The monoisotopic (exact) mass is 1690 g/mol. The number of aromatic nitrogens is 5. The van der Waals surface area contributed by atoms with Crippen LogP contribution in [-0.4, -0.2) is 145 Å². The van der Waals surface area contributed by atoms with Crippen molar-refractivity contribution in [1.29, 1.82) is 0 Å². The maximum Gasteiger partial charge on any atom is 0.488 e. The van der Waals surface area contributed by atoms with Gasteiger partial charge < -0.3 is 53.7 Å². The summed E-state index contributed by atoms with van der Waals surface area (Å²) in [6.45, 7) is 1.54. The Kier molecular flexibility index (Phi) is 38.1. The van der Waals surface area contributed by atoms with Crippen molar-refractivity contribution in [2.45, 2.75) is 36.9 Å². The van der Waals surface area contributed by atoms with Crippen LogP contribution in [0.5, 0.6) is 29.4 Å². The number of carbonyl (C=O) groups is 1. The second-order valence-corrected chi connectivity index (χ2v) is 29.3. The predicted molar refractivity (Wildman–Crippen MR) is 495 cm³/mol. The van der Waals surface area contributed by atoms with Crippen molar-refractivity contribution in [2.75, 3.05) is 76.8 Å². The summed E-state index contributed by atoms with van der Waals surface area (Å²) in [5.74, 6) is 2.77. The predicted octanol–water partition coefficient (Wildman–Crippen LogP) is 19.7. The number of ether oxygens (including phenoxy) is 5. The van der Waals surface area contributed by atoms with Gasteiger partial charge in [-0.05, 0) is 131 Å². The number of halogens is 1. The maximum absolute atomic E-state index is 12.6. The molecule has 0 fully saturated rings. The minimum absolute atomic E-state index is 0.217. The molecule has 10 aromatic carbocycles. The molecule has 0 bridgehead atoms. The number of methoxy groups -OCH3 is 5. The topological polar surface area (TPSA) is 215 Å². The number of hydrogen-bond donors (Lipinski definition) is 4. The van der Waals surface area contributed by atoms with E-state index in [0.717, 1.165) is 90.7 Å². The average molecular weight is 1690 g/mol. The van der Waals surface area contributed by atoms with E-state index in [1.54, 1.807) is 78.3 Å². The van der Waals surface area contributed by atoms with E-state index < -0.39 is 18.8 Å². The van der Waals surface area contributed by atoms with E-state index in [-0.39, 0.29) is 11.7 Å². The Balaban J connectivity index is 0.000000170. The highest BCUT2D eigenvalue weighted by molar-refractivity contribution is 9.10. The molecule has 0 spiro atoms. The SMILES string of the molecule is CN(C)CCC(=O)c1ccccc1.COc1ccc(-c2ccccc2)cn1.COc1ccc(Br)cn1.COc1ncc(-c2ccccc2)cc1C(O)c1ccccc1.COc1ncc(-c2ccccc2)cc1C(c1ccccc1)C(O)(CCN(C)C)c1ccccc1.COc1ncc(-c2ccccc2)cc1Cc1ccccc1.OB(O)c1ccccc1. The van der Waals surface area contributed by atoms with E-state index in [2.05, 4.69) is 131 Å². The van der Waals surface area contributed by atoms with E-state index >= 15 is 0 Å². The molecule has 15 aromatic rings. The van der Waals surface area contributed by atoms with E-state index in [0.29, 0.717) is 53.3 Å². The highest BCUT2D eigenvalue weighted by Gasteiger charge is 2.42. The summed E-state index contributed by atoms with van der Waals surface area (Å²) in [5, 5.41) is 40.4. The van der Waals surface area contributed by atoms with Crippen molar-refractivity contribution in [3.8, 4) is 73.9 Å². The normalized spacial score (nSPS) is 11.4. The van der Waals surface area contributed by atoms with Crippen LogP contribution in [0, 0.1) is 0 Å². The highest BCUT2D eigenvalue weighted by atomic mass is 79.9. The van der Waals surface area contributed by atoms with Gasteiger partial charge in [0.2, 0.25) is 29.4 Å². The van der Waals surface area contributed by atoms with E-state index in [4.69, 9.17) is 33.7 Å². The highest BCUT2D eigenvalue weighted by Crippen LogP contribution is 2.48. The van der Waals surface area contributed by atoms with E-state index in [1.807, 2.05) is 282 Å². The second-order valence-electron chi connectivity index (χ2n) is 28.4. The number of pyridine rings is 5. The zero-order valence-electron chi connectivity index (χ0n) is 70.3. The first-order valence-electron chi connectivity index (χ1n) is 39.8. The van der Waals surface area contributed by atoms with Gasteiger partial charge in [0.15, 0.2) is 5.78 Å². The molecule has 3 atom stereocenters. The van der Waals surface area contributed by atoms with Gasteiger partial charge in [0.1, 0.15) is 11.7 Å². The number of Topliss-reactive ketones (excluding diaryl/α,β-unsaturated/α-hetero) is 1. The molecule has 5 heterocycles. The van der Waals surface area contributed by atoms with Gasteiger partial charge in [-0.1, -0.05) is 303 Å². The molecule has 0 aliphatic heterocycles. The molecule has 5 aromatic heterocycles. The van der Waals surface area contributed by atoms with Crippen LogP contribution in [0.2, 0.25) is 0 Å². The Hall–Kier alpha value is -13.1. The van der Waals surface area contributed by atoms with Crippen molar-refractivity contribution in [3.63, 3.8) is 0 Å². The molecule has 0 aliphatic carbocycles. The van der Waals surface area contributed by atoms with Gasteiger partial charge in [0.05, 0.1) is 35.5 Å². The van der Waals surface area contributed by atoms with Crippen LogP contribution in [0.15, 0.2) is 381 Å². The Labute approximate surface area is 726 Å². The lowest BCUT2D eigenvalue weighted by Crippen LogP contribution is -2.37. The third kappa shape index (κ3) is 29.1. The molecule has 122 heavy (non-hydrogen) atoms. The van der Waals surface area contributed by atoms with Gasteiger partial charge in [-0.2, -0.15) is 0 Å². The molecule has 0 amide bonds. The summed E-state index contributed by atoms with van der Waals surface area (Å²) < 4.78 is 27.3. The van der Waals surface area contributed by atoms with E-state index in [9.17, 15) is 15.0 Å². The maximum atomic E-state index is 12.6. The van der Waals surface area contributed by atoms with Gasteiger partial charge in [-0.15, -0.1) is 0 Å². The number of hydrogen-bond acceptors (Lipinski definition) is 17. The van der Waals surface area contributed by atoms with Crippen LogP contribution in [0.4, 0.5) is 0 Å². The molecule has 19 heteroatoms. The first-order valence-corrected chi connectivity index (χ1v) is 40.6. The minimum atomic E-state index is -1.34. The lowest BCUT2D eigenvalue weighted by Gasteiger charge is -2.39. The summed E-state index contributed by atoms with van der Waals surface area (Å²) in [6.07, 6.45) is 10.1. The third-order valence-corrected chi connectivity index (χ3v) is 19.8. The number of benzene rings is 10. The Morgan fingerprint density at radius 3 is 1.19 bits per heavy atom. The summed E-state index contributed by atoms with van der Waals surface area (Å²) >= 11 is 3.26. The van der Waals surface area contributed by atoms with Crippen molar-refractivity contribution >= 4 is 34.3 Å². The number of nitrogens with zero attached hydrogens (tertiary/aromatic N) is 7. The quantitative estimate of drug-likeness (QED) is 0.0309. The number of aliphatic hydroxyl groups is 2. The van der Waals surface area contributed by atoms with Gasteiger partial charge in [-0.25, -0.2) is 24.9 Å². The zero-order valence-corrected chi connectivity index (χ0v) is 71.9. The molecular weight excluding hydrogens is 1590 g/mol. The molecule has 0 aliphatic rings. The first-order chi connectivity index (χ1) is 59.4. The molecule has 15 rings (SSSR count). The molecule has 622 valence electrons. The molecule has 3 unspecified atom stereocenters. The number of ketones is 1. The number of aliphatic hydroxyl groups excluding tert-OH is 1.